The minimum atomic E-state index is 0.0858. The quantitative estimate of drug-likeness (QED) is 0.700. The van der Waals surface area contributed by atoms with Gasteiger partial charge >= 0.3 is 0 Å². The van der Waals surface area contributed by atoms with Crippen molar-refractivity contribution in [2.75, 3.05) is 12.0 Å². The highest BCUT2D eigenvalue weighted by Gasteiger charge is 1.95. The fraction of sp³-hybridized carbons (Fsp3) is 0.625. The summed E-state index contributed by atoms with van der Waals surface area (Å²) in [5, 5.41) is 12.9. The molecule has 1 aromatic heterocycles. The largest absolute Gasteiger partial charge is 0.392 e. The molecular formula is C8H14N2OS. The van der Waals surface area contributed by atoms with Gasteiger partial charge in [-0.15, -0.1) is 0 Å². The van der Waals surface area contributed by atoms with Gasteiger partial charge in [-0.2, -0.15) is 16.9 Å². The number of rotatable bonds is 5. The molecule has 4 heteroatoms. The van der Waals surface area contributed by atoms with E-state index in [-0.39, 0.29) is 6.61 Å². The van der Waals surface area contributed by atoms with E-state index in [9.17, 15) is 0 Å². The molecule has 1 rings (SSSR count). The van der Waals surface area contributed by atoms with Crippen LogP contribution in [0.25, 0.3) is 0 Å². The van der Waals surface area contributed by atoms with Gasteiger partial charge in [-0.3, -0.25) is 4.68 Å². The Kier molecular flexibility index (Phi) is 4.18. The van der Waals surface area contributed by atoms with Crippen LogP contribution in [0.1, 0.15) is 12.0 Å². The molecule has 1 heterocycles. The Labute approximate surface area is 76.8 Å². The topological polar surface area (TPSA) is 38.0 Å². The molecule has 0 aliphatic rings. The molecule has 0 saturated heterocycles. The molecule has 0 aliphatic heterocycles. The predicted molar refractivity (Wildman–Crippen MR) is 51.1 cm³/mol. The molecule has 0 radical (unpaired) electrons. The summed E-state index contributed by atoms with van der Waals surface area (Å²) >= 11 is 1.84. The van der Waals surface area contributed by atoms with Crippen LogP contribution >= 0.6 is 11.8 Å². The Hall–Kier alpha value is -0.480. The molecule has 0 amide bonds. The third kappa shape index (κ3) is 2.87. The van der Waals surface area contributed by atoms with E-state index in [1.807, 2.05) is 22.6 Å². The zero-order chi connectivity index (χ0) is 8.81. The molecule has 12 heavy (non-hydrogen) atoms. The van der Waals surface area contributed by atoms with Crippen molar-refractivity contribution in [1.82, 2.24) is 9.78 Å². The van der Waals surface area contributed by atoms with Crippen LogP contribution < -0.4 is 0 Å². The molecule has 0 spiro atoms. The first-order valence-corrected chi connectivity index (χ1v) is 5.37. The molecule has 0 bridgehead atoms. The van der Waals surface area contributed by atoms with Gasteiger partial charge in [0.1, 0.15) is 0 Å². The molecular weight excluding hydrogens is 172 g/mol. The van der Waals surface area contributed by atoms with Gasteiger partial charge in [-0.1, -0.05) is 0 Å². The van der Waals surface area contributed by atoms with Crippen molar-refractivity contribution in [3.05, 3.63) is 18.0 Å². The number of thioether (sulfide) groups is 1. The van der Waals surface area contributed by atoms with Gasteiger partial charge in [-0.05, 0) is 18.4 Å². The zero-order valence-electron chi connectivity index (χ0n) is 7.23. The van der Waals surface area contributed by atoms with Crippen LogP contribution in [0.2, 0.25) is 0 Å². The average molecular weight is 186 g/mol. The SMILES string of the molecule is CSCCCn1cc(CO)cn1. The number of hydrogen-bond acceptors (Lipinski definition) is 3. The fourth-order valence-electron chi connectivity index (χ4n) is 0.981. The van der Waals surface area contributed by atoms with E-state index in [1.165, 1.54) is 0 Å². The lowest BCUT2D eigenvalue weighted by atomic mass is 10.4. The van der Waals surface area contributed by atoms with Crippen molar-refractivity contribution < 1.29 is 5.11 Å². The Bertz CT molecular complexity index is 225. The molecule has 0 aliphatic carbocycles. The maximum Gasteiger partial charge on any atom is 0.0712 e. The monoisotopic (exact) mass is 186 g/mol. The average Bonchev–Trinajstić information content (AvgIpc) is 2.53. The molecule has 0 unspecified atom stereocenters. The smallest absolute Gasteiger partial charge is 0.0712 e. The molecule has 0 fully saturated rings. The van der Waals surface area contributed by atoms with Crippen molar-refractivity contribution in [3.63, 3.8) is 0 Å². The normalized spacial score (nSPS) is 10.5. The van der Waals surface area contributed by atoms with Gasteiger partial charge in [0, 0.05) is 18.3 Å². The van der Waals surface area contributed by atoms with Crippen LogP contribution in [-0.4, -0.2) is 26.9 Å². The number of aliphatic hydroxyl groups is 1. The number of aryl methyl sites for hydroxylation is 1. The van der Waals surface area contributed by atoms with Crippen molar-refractivity contribution in [2.45, 2.75) is 19.6 Å². The van der Waals surface area contributed by atoms with E-state index < -0.39 is 0 Å². The van der Waals surface area contributed by atoms with Crippen LogP contribution in [0.5, 0.6) is 0 Å². The van der Waals surface area contributed by atoms with E-state index >= 15 is 0 Å². The van der Waals surface area contributed by atoms with Crippen LogP contribution in [0.4, 0.5) is 0 Å². The highest BCUT2D eigenvalue weighted by Crippen LogP contribution is 2.00. The van der Waals surface area contributed by atoms with Crippen LogP contribution in [0, 0.1) is 0 Å². The third-order valence-electron chi connectivity index (χ3n) is 1.60. The summed E-state index contributed by atoms with van der Waals surface area (Å²) in [5.41, 5.74) is 0.888. The molecule has 0 atom stereocenters. The lowest BCUT2D eigenvalue weighted by molar-refractivity contribution is 0.281. The van der Waals surface area contributed by atoms with E-state index in [1.54, 1.807) is 6.20 Å². The van der Waals surface area contributed by atoms with Crippen LogP contribution in [-0.2, 0) is 13.2 Å². The lowest BCUT2D eigenvalue weighted by Crippen LogP contribution is -1.98. The molecule has 1 N–H and O–H groups in total. The highest BCUT2D eigenvalue weighted by atomic mass is 32.2. The Balaban J connectivity index is 2.31. The van der Waals surface area contributed by atoms with E-state index in [0.29, 0.717) is 0 Å². The highest BCUT2D eigenvalue weighted by molar-refractivity contribution is 7.98. The first-order chi connectivity index (χ1) is 5.86. The summed E-state index contributed by atoms with van der Waals surface area (Å²) in [6.07, 6.45) is 6.83. The Morgan fingerprint density at radius 3 is 3.08 bits per heavy atom. The summed E-state index contributed by atoms with van der Waals surface area (Å²) < 4.78 is 1.88. The molecule has 0 aromatic carbocycles. The molecule has 3 nitrogen and oxygen atoms in total. The third-order valence-corrected chi connectivity index (χ3v) is 2.30. The number of hydrogen-bond donors (Lipinski definition) is 1. The van der Waals surface area contributed by atoms with Gasteiger partial charge in [-0.25, -0.2) is 0 Å². The summed E-state index contributed by atoms with van der Waals surface area (Å²) in [4.78, 5) is 0. The second kappa shape index (κ2) is 5.22. The number of nitrogens with zero attached hydrogens (tertiary/aromatic N) is 2. The number of aliphatic hydroxyl groups excluding tert-OH is 1. The number of aromatic nitrogens is 2. The molecule has 0 saturated carbocycles. The van der Waals surface area contributed by atoms with E-state index in [4.69, 9.17) is 5.11 Å². The van der Waals surface area contributed by atoms with Crippen LogP contribution in [0.3, 0.4) is 0 Å². The van der Waals surface area contributed by atoms with E-state index in [0.717, 1.165) is 24.3 Å². The maximum atomic E-state index is 8.77. The Morgan fingerprint density at radius 2 is 2.50 bits per heavy atom. The van der Waals surface area contributed by atoms with Crippen molar-refractivity contribution in [3.8, 4) is 0 Å². The second-order valence-electron chi connectivity index (χ2n) is 2.62. The minimum absolute atomic E-state index is 0.0858. The summed E-state index contributed by atoms with van der Waals surface area (Å²) in [5.74, 6) is 1.16. The summed E-state index contributed by atoms with van der Waals surface area (Å²) in [7, 11) is 0. The molecule has 1 aromatic rings. The summed E-state index contributed by atoms with van der Waals surface area (Å²) in [6, 6.07) is 0. The van der Waals surface area contributed by atoms with Crippen molar-refractivity contribution >= 4 is 11.8 Å². The minimum Gasteiger partial charge on any atom is -0.392 e. The standard InChI is InChI=1S/C8H14N2OS/c1-12-4-2-3-10-6-8(7-11)5-9-10/h5-6,11H,2-4,7H2,1H3. The van der Waals surface area contributed by atoms with Gasteiger partial charge in [0.05, 0.1) is 12.8 Å². The van der Waals surface area contributed by atoms with Gasteiger partial charge in [0.25, 0.3) is 0 Å². The first-order valence-electron chi connectivity index (χ1n) is 3.98. The van der Waals surface area contributed by atoms with Gasteiger partial charge in [0.15, 0.2) is 0 Å². The predicted octanol–water partition coefficient (Wildman–Crippen LogP) is 1.13. The fourth-order valence-corrected chi connectivity index (χ4v) is 1.40. The Morgan fingerprint density at radius 1 is 1.67 bits per heavy atom. The maximum absolute atomic E-state index is 8.77. The zero-order valence-corrected chi connectivity index (χ0v) is 8.05. The first kappa shape index (κ1) is 9.61. The van der Waals surface area contributed by atoms with Crippen molar-refractivity contribution in [2.24, 2.45) is 0 Å². The van der Waals surface area contributed by atoms with Gasteiger partial charge in [0.2, 0.25) is 0 Å². The second-order valence-corrected chi connectivity index (χ2v) is 3.60. The van der Waals surface area contributed by atoms with E-state index in [2.05, 4.69) is 11.4 Å². The summed E-state index contributed by atoms with van der Waals surface area (Å²) in [6.45, 7) is 1.03. The van der Waals surface area contributed by atoms with Crippen molar-refractivity contribution in [1.29, 1.82) is 0 Å². The van der Waals surface area contributed by atoms with Crippen LogP contribution in [0.15, 0.2) is 12.4 Å². The molecule has 68 valence electrons. The van der Waals surface area contributed by atoms with Gasteiger partial charge < -0.3 is 5.11 Å². The lowest BCUT2D eigenvalue weighted by Gasteiger charge is -1.98.